The van der Waals surface area contributed by atoms with Crippen molar-refractivity contribution in [3.05, 3.63) is 206 Å². The summed E-state index contributed by atoms with van der Waals surface area (Å²) in [5.41, 5.74) is 16.7. The van der Waals surface area contributed by atoms with Gasteiger partial charge in [-0.2, -0.15) is 0 Å². The van der Waals surface area contributed by atoms with Crippen molar-refractivity contribution in [2.45, 2.75) is 0 Å². The Hall–Kier alpha value is -7.36. The van der Waals surface area contributed by atoms with Crippen molar-refractivity contribution in [3.8, 4) is 78.3 Å². The molecule has 258 valence electrons. The van der Waals surface area contributed by atoms with Crippen LogP contribution < -0.4 is 0 Å². The fourth-order valence-electron chi connectivity index (χ4n) is 7.45. The quantitative estimate of drug-likeness (QED) is 0.166. The summed E-state index contributed by atoms with van der Waals surface area (Å²) >= 11 is 0. The van der Waals surface area contributed by atoms with Crippen LogP contribution >= 0.6 is 0 Å². The van der Waals surface area contributed by atoms with Gasteiger partial charge in [0.05, 0.1) is 0 Å². The molecule has 2 aromatic heterocycles. The van der Waals surface area contributed by atoms with Crippen LogP contribution in [0.25, 0.3) is 100 Å². The number of para-hydroxylation sites is 1. The van der Waals surface area contributed by atoms with Gasteiger partial charge in [0, 0.05) is 16.5 Å². The molecule has 0 aliphatic heterocycles. The summed E-state index contributed by atoms with van der Waals surface area (Å²) in [6.45, 7) is 0. The molecule has 0 aliphatic rings. The molecule has 0 N–H and O–H groups in total. The molecule has 0 spiro atoms. The number of benzene rings is 8. The second kappa shape index (κ2) is 13.9. The number of hydrogen-bond donors (Lipinski definition) is 0. The van der Waals surface area contributed by atoms with Crippen LogP contribution in [0.5, 0.6) is 0 Å². The van der Waals surface area contributed by atoms with E-state index >= 15 is 0 Å². The average Bonchev–Trinajstić information content (AvgIpc) is 3.66. The minimum Gasteiger partial charge on any atom is -0.452 e. The third kappa shape index (κ3) is 6.28. The van der Waals surface area contributed by atoms with E-state index < -0.39 is 0 Å². The van der Waals surface area contributed by atoms with Crippen molar-refractivity contribution in [1.82, 2.24) is 9.97 Å². The van der Waals surface area contributed by atoms with Crippen molar-refractivity contribution in [3.63, 3.8) is 0 Å². The van der Waals surface area contributed by atoms with E-state index in [0.29, 0.717) is 11.4 Å². The lowest BCUT2D eigenvalue weighted by atomic mass is 9.95. The Morgan fingerprint density at radius 2 is 0.673 bits per heavy atom. The third-order valence-corrected chi connectivity index (χ3v) is 10.3. The van der Waals surface area contributed by atoms with Gasteiger partial charge in [-0.15, -0.1) is 0 Å². The van der Waals surface area contributed by atoms with E-state index in [2.05, 4.69) is 182 Å². The molecule has 10 aromatic rings. The van der Waals surface area contributed by atoms with E-state index in [1.165, 1.54) is 33.4 Å². The Kier molecular flexibility index (Phi) is 8.16. The summed E-state index contributed by atoms with van der Waals surface area (Å²) in [5.74, 6) is 0.656. The topological polar surface area (TPSA) is 38.9 Å². The molecule has 0 atom stereocenters. The van der Waals surface area contributed by atoms with E-state index in [-0.39, 0.29) is 0 Å². The first-order valence-electron chi connectivity index (χ1n) is 18.6. The van der Waals surface area contributed by atoms with E-state index in [1.54, 1.807) is 0 Å². The van der Waals surface area contributed by atoms with Gasteiger partial charge >= 0.3 is 0 Å². The highest BCUT2D eigenvalue weighted by atomic mass is 16.3. The monoisotopic (exact) mass is 702 g/mol. The molecule has 0 saturated carbocycles. The molecular weight excluding hydrogens is 669 g/mol. The molecule has 0 unspecified atom stereocenters. The summed E-state index contributed by atoms with van der Waals surface area (Å²) < 4.78 is 6.46. The summed E-state index contributed by atoms with van der Waals surface area (Å²) in [7, 11) is 0. The zero-order chi connectivity index (χ0) is 36.6. The normalized spacial score (nSPS) is 11.3. The van der Waals surface area contributed by atoms with Crippen LogP contribution in [0, 0.1) is 0 Å². The number of fused-ring (bicyclic) bond motifs is 3. The first kappa shape index (κ1) is 32.3. The number of rotatable bonds is 7. The van der Waals surface area contributed by atoms with Gasteiger partial charge < -0.3 is 4.42 Å². The minimum atomic E-state index is 0.656. The molecule has 55 heavy (non-hydrogen) atoms. The van der Waals surface area contributed by atoms with Crippen LogP contribution in [-0.2, 0) is 0 Å². The molecule has 0 amide bonds. The third-order valence-electron chi connectivity index (χ3n) is 10.3. The standard InChI is InChI=1S/C52H34N2O/c1-3-12-35(13-4-1)37-24-26-38(27-25-37)39-28-30-40(31-29-39)49-51-50(47-22-7-8-23-48(47)55-51)54-52(53-49)46-21-11-20-45(34-46)44-19-10-18-43(33-44)42-17-9-16-41(32-42)36-14-5-2-6-15-36/h1-34H. The molecule has 0 saturated heterocycles. The lowest BCUT2D eigenvalue weighted by molar-refractivity contribution is 0.667. The van der Waals surface area contributed by atoms with Gasteiger partial charge in [0.15, 0.2) is 11.4 Å². The molecule has 2 heterocycles. The van der Waals surface area contributed by atoms with Crippen molar-refractivity contribution >= 4 is 22.1 Å². The van der Waals surface area contributed by atoms with Crippen molar-refractivity contribution in [2.24, 2.45) is 0 Å². The molecular formula is C52H34N2O. The van der Waals surface area contributed by atoms with Crippen LogP contribution in [0.1, 0.15) is 0 Å². The van der Waals surface area contributed by atoms with Gasteiger partial charge in [0.2, 0.25) is 0 Å². The minimum absolute atomic E-state index is 0.656. The number of furan rings is 1. The highest BCUT2D eigenvalue weighted by Crippen LogP contribution is 2.37. The predicted molar refractivity (Wildman–Crippen MR) is 227 cm³/mol. The molecule has 0 radical (unpaired) electrons. The van der Waals surface area contributed by atoms with E-state index in [9.17, 15) is 0 Å². The molecule has 0 fully saturated rings. The van der Waals surface area contributed by atoms with Gasteiger partial charge in [-0.25, -0.2) is 9.97 Å². The van der Waals surface area contributed by atoms with Crippen LogP contribution in [0.2, 0.25) is 0 Å². The van der Waals surface area contributed by atoms with Gasteiger partial charge in [0.25, 0.3) is 0 Å². The number of nitrogens with zero attached hydrogens (tertiary/aromatic N) is 2. The second-order valence-electron chi connectivity index (χ2n) is 13.8. The first-order valence-corrected chi connectivity index (χ1v) is 18.6. The SMILES string of the molecule is c1ccc(-c2ccc(-c3ccc(-c4nc(-c5cccc(-c6cccc(-c7cccc(-c8ccccc8)c7)c6)c5)nc5c4oc4ccccc45)cc3)cc2)cc1. The highest BCUT2D eigenvalue weighted by Gasteiger charge is 2.19. The van der Waals surface area contributed by atoms with Gasteiger partial charge in [-0.3, -0.25) is 0 Å². The lowest BCUT2D eigenvalue weighted by Gasteiger charge is -2.11. The molecule has 0 bridgehead atoms. The highest BCUT2D eigenvalue weighted by molar-refractivity contribution is 6.07. The maximum atomic E-state index is 6.46. The van der Waals surface area contributed by atoms with Crippen molar-refractivity contribution in [1.29, 1.82) is 0 Å². The first-order chi connectivity index (χ1) is 27.2. The van der Waals surface area contributed by atoms with Crippen LogP contribution in [0.4, 0.5) is 0 Å². The van der Waals surface area contributed by atoms with E-state index in [0.717, 1.165) is 55.6 Å². The van der Waals surface area contributed by atoms with Crippen LogP contribution in [-0.4, -0.2) is 9.97 Å². The van der Waals surface area contributed by atoms with Crippen molar-refractivity contribution < 1.29 is 4.42 Å². The zero-order valence-corrected chi connectivity index (χ0v) is 29.9. The van der Waals surface area contributed by atoms with Crippen molar-refractivity contribution in [2.75, 3.05) is 0 Å². The maximum Gasteiger partial charge on any atom is 0.180 e. The fourth-order valence-corrected chi connectivity index (χ4v) is 7.45. The summed E-state index contributed by atoms with van der Waals surface area (Å²) in [4.78, 5) is 10.4. The molecule has 10 rings (SSSR count). The van der Waals surface area contributed by atoms with E-state index in [1.807, 2.05) is 24.3 Å². The summed E-state index contributed by atoms with van der Waals surface area (Å²) in [5, 5.41) is 0.971. The predicted octanol–water partition coefficient (Wildman–Crippen LogP) is 14.0. The van der Waals surface area contributed by atoms with Crippen LogP contribution in [0.3, 0.4) is 0 Å². The zero-order valence-electron chi connectivity index (χ0n) is 29.9. The largest absolute Gasteiger partial charge is 0.452 e. The van der Waals surface area contributed by atoms with Gasteiger partial charge in [-0.05, 0) is 86.0 Å². The summed E-state index contributed by atoms with van der Waals surface area (Å²) in [6.07, 6.45) is 0. The average molecular weight is 703 g/mol. The Bertz CT molecular complexity index is 2950. The van der Waals surface area contributed by atoms with E-state index in [4.69, 9.17) is 14.4 Å². The molecule has 8 aromatic carbocycles. The Labute approximate surface area is 319 Å². The summed E-state index contributed by atoms with van der Waals surface area (Å²) in [6, 6.07) is 72.4. The van der Waals surface area contributed by atoms with Crippen LogP contribution in [0.15, 0.2) is 211 Å². The molecule has 3 nitrogen and oxygen atoms in total. The second-order valence-corrected chi connectivity index (χ2v) is 13.8. The fraction of sp³-hybridized carbons (Fsp3) is 0. The maximum absolute atomic E-state index is 6.46. The lowest BCUT2D eigenvalue weighted by Crippen LogP contribution is -1.94. The number of hydrogen-bond acceptors (Lipinski definition) is 3. The molecule has 3 heteroatoms. The van der Waals surface area contributed by atoms with Gasteiger partial charge in [-0.1, -0.05) is 176 Å². The number of aromatic nitrogens is 2. The Morgan fingerprint density at radius 3 is 1.22 bits per heavy atom. The Morgan fingerprint density at radius 1 is 0.291 bits per heavy atom. The smallest absolute Gasteiger partial charge is 0.180 e. The Balaban J connectivity index is 1.01. The van der Waals surface area contributed by atoms with Gasteiger partial charge in [0.1, 0.15) is 16.8 Å². The molecule has 0 aliphatic carbocycles.